The molecule has 0 radical (unpaired) electrons. The highest BCUT2D eigenvalue weighted by atomic mass is 32.2. The molecule has 7 nitrogen and oxygen atoms in total. The maximum Gasteiger partial charge on any atom is 0.340 e. The first-order chi connectivity index (χ1) is 14.8. The number of nitrogens with zero attached hydrogens (tertiary/aromatic N) is 1. The molecule has 1 N–H and O–H groups in total. The third-order valence-electron chi connectivity index (χ3n) is 5.16. The lowest BCUT2D eigenvalue weighted by Gasteiger charge is -2.30. The Morgan fingerprint density at radius 1 is 1.10 bits per heavy atom. The molecule has 0 bridgehead atoms. The summed E-state index contributed by atoms with van der Waals surface area (Å²) in [7, 11) is -3.56. The van der Waals surface area contributed by atoms with Crippen LogP contribution in [0.4, 0.5) is 10.1 Å². The lowest BCUT2D eigenvalue weighted by molar-refractivity contribution is -0.120. The fourth-order valence-electron chi connectivity index (χ4n) is 3.49. The number of hydrogen-bond acceptors (Lipinski definition) is 5. The van der Waals surface area contributed by atoms with Gasteiger partial charge in [0.1, 0.15) is 5.82 Å². The third-order valence-corrected chi connectivity index (χ3v) is 7.01. The van der Waals surface area contributed by atoms with E-state index in [2.05, 4.69) is 5.32 Å². The van der Waals surface area contributed by atoms with Gasteiger partial charge in [-0.25, -0.2) is 21.9 Å². The largest absolute Gasteiger partial charge is 0.462 e. The standard InChI is InChI=1S/C22H25FN2O5S/c1-2-30-22(27)19-5-3-4-6-20(19)24-21(26)17-11-13-25(14-12-17)31(28,29)15-16-7-9-18(23)10-8-16/h3-10,17H,2,11-15H2,1H3,(H,24,26). The van der Waals surface area contributed by atoms with Gasteiger partial charge in [0.05, 0.1) is 23.6 Å². The van der Waals surface area contributed by atoms with Gasteiger partial charge in [0.15, 0.2) is 0 Å². The second kappa shape index (κ2) is 10.0. The Morgan fingerprint density at radius 2 is 1.74 bits per heavy atom. The maximum absolute atomic E-state index is 13.0. The van der Waals surface area contributed by atoms with Gasteiger partial charge in [-0.3, -0.25) is 4.79 Å². The van der Waals surface area contributed by atoms with Gasteiger partial charge < -0.3 is 10.1 Å². The van der Waals surface area contributed by atoms with E-state index >= 15 is 0 Å². The summed E-state index contributed by atoms with van der Waals surface area (Å²) in [5, 5.41) is 2.78. The Morgan fingerprint density at radius 3 is 2.39 bits per heavy atom. The lowest BCUT2D eigenvalue weighted by atomic mass is 9.97. The summed E-state index contributed by atoms with van der Waals surface area (Å²) in [5.74, 6) is -1.77. The molecule has 31 heavy (non-hydrogen) atoms. The molecule has 2 aromatic carbocycles. The normalized spacial score (nSPS) is 15.4. The highest BCUT2D eigenvalue weighted by molar-refractivity contribution is 7.88. The summed E-state index contributed by atoms with van der Waals surface area (Å²) in [4.78, 5) is 24.8. The summed E-state index contributed by atoms with van der Waals surface area (Å²) >= 11 is 0. The van der Waals surface area contributed by atoms with Crippen molar-refractivity contribution in [3.05, 3.63) is 65.5 Å². The molecule has 2 aromatic rings. The molecule has 0 spiro atoms. The average molecular weight is 449 g/mol. The van der Waals surface area contributed by atoms with Crippen molar-refractivity contribution in [2.45, 2.75) is 25.5 Å². The van der Waals surface area contributed by atoms with E-state index in [0.29, 0.717) is 24.1 Å². The summed E-state index contributed by atoms with van der Waals surface area (Å²) in [6.07, 6.45) is 0.742. The molecule has 0 unspecified atom stereocenters. The quantitative estimate of drug-likeness (QED) is 0.657. The zero-order chi connectivity index (χ0) is 22.4. The monoisotopic (exact) mass is 448 g/mol. The van der Waals surface area contributed by atoms with Crippen molar-refractivity contribution in [1.29, 1.82) is 0 Å². The van der Waals surface area contributed by atoms with Gasteiger partial charge in [0.2, 0.25) is 15.9 Å². The fraction of sp³-hybridized carbons (Fsp3) is 0.364. The summed E-state index contributed by atoms with van der Waals surface area (Å²) in [5.41, 5.74) is 1.16. The molecule has 1 saturated heterocycles. The van der Waals surface area contributed by atoms with E-state index in [0.717, 1.165) is 0 Å². The Kier molecular flexibility index (Phi) is 7.40. The minimum atomic E-state index is -3.56. The molecule has 9 heteroatoms. The number of hydrogen-bond donors (Lipinski definition) is 1. The van der Waals surface area contributed by atoms with E-state index in [1.165, 1.54) is 28.6 Å². The van der Waals surface area contributed by atoms with E-state index in [1.54, 1.807) is 31.2 Å². The van der Waals surface area contributed by atoms with Crippen molar-refractivity contribution in [2.24, 2.45) is 5.92 Å². The minimum absolute atomic E-state index is 0.211. The molecule has 1 amide bonds. The predicted octanol–water partition coefficient (Wildman–Crippen LogP) is 3.18. The number of piperidine rings is 1. The zero-order valence-corrected chi connectivity index (χ0v) is 18.0. The SMILES string of the molecule is CCOC(=O)c1ccccc1NC(=O)C1CCN(S(=O)(=O)Cc2ccc(F)cc2)CC1. The topological polar surface area (TPSA) is 92.8 Å². The number of amides is 1. The summed E-state index contributed by atoms with van der Waals surface area (Å²) < 4.78 is 44.8. The number of anilines is 1. The Bertz CT molecular complexity index is 1030. The van der Waals surface area contributed by atoms with Crippen molar-refractivity contribution in [2.75, 3.05) is 25.0 Å². The van der Waals surface area contributed by atoms with Crippen LogP contribution in [0.15, 0.2) is 48.5 Å². The molecule has 0 saturated carbocycles. The zero-order valence-electron chi connectivity index (χ0n) is 17.2. The van der Waals surface area contributed by atoms with Crippen LogP contribution < -0.4 is 5.32 Å². The molecule has 3 rings (SSSR count). The van der Waals surface area contributed by atoms with Crippen LogP contribution in [-0.4, -0.2) is 44.3 Å². The molecular formula is C22H25FN2O5S. The number of carbonyl (C=O) groups excluding carboxylic acids is 2. The van der Waals surface area contributed by atoms with Crippen LogP contribution in [0.2, 0.25) is 0 Å². The van der Waals surface area contributed by atoms with Crippen LogP contribution in [-0.2, 0) is 25.3 Å². The van der Waals surface area contributed by atoms with E-state index in [-0.39, 0.29) is 42.8 Å². The number of carbonyl (C=O) groups is 2. The van der Waals surface area contributed by atoms with Crippen LogP contribution in [0, 0.1) is 11.7 Å². The molecule has 1 heterocycles. The second-order valence-electron chi connectivity index (χ2n) is 7.31. The first kappa shape index (κ1) is 22.9. The average Bonchev–Trinajstić information content (AvgIpc) is 2.76. The van der Waals surface area contributed by atoms with Crippen molar-refractivity contribution >= 4 is 27.6 Å². The molecule has 0 aromatic heterocycles. The van der Waals surface area contributed by atoms with E-state index in [1.807, 2.05) is 0 Å². The molecular weight excluding hydrogens is 423 g/mol. The third kappa shape index (κ3) is 5.89. The molecule has 166 valence electrons. The van der Waals surface area contributed by atoms with Crippen LogP contribution in [0.1, 0.15) is 35.7 Å². The number of halogens is 1. The van der Waals surface area contributed by atoms with Crippen molar-refractivity contribution in [3.63, 3.8) is 0 Å². The van der Waals surface area contributed by atoms with Crippen LogP contribution in [0.25, 0.3) is 0 Å². The van der Waals surface area contributed by atoms with Gasteiger partial charge in [0.25, 0.3) is 0 Å². The fourth-order valence-corrected chi connectivity index (χ4v) is 5.06. The van der Waals surface area contributed by atoms with Gasteiger partial charge in [-0.2, -0.15) is 0 Å². The lowest BCUT2D eigenvalue weighted by Crippen LogP contribution is -2.42. The van der Waals surface area contributed by atoms with Crippen LogP contribution in [0.3, 0.4) is 0 Å². The first-order valence-corrected chi connectivity index (χ1v) is 11.7. The molecule has 1 fully saturated rings. The second-order valence-corrected chi connectivity index (χ2v) is 9.28. The molecule has 0 atom stereocenters. The minimum Gasteiger partial charge on any atom is -0.462 e. The number of esters is 1. The number of nitrogens with one attached hydrogen (secondary N) is 1. The highest BCUT2D eigenvalue weighted by Crippen LogP contribution is 2.24. The first-order valence-electron chi connectivity index (χ1n) is 10.1. The smallest absolute Gasteiger partial charge is 0.340 e. The van der Waals surface area contributed by atoms with Gasteiger partial charge in [0, 0.05) is 19.0 Å². The van der Waals surface area contributed by atoms with E-state index in [9.17, 15) is 22.4 Å². The van der Waals surface area contributed by atoms with Crippen molar-refractivity contribution in [1.82, 2.24) is 4.31 Å². The highest BCUT2D eigenvalue weighted by Gasteiger charge is 2.31. The predicted molar refractivity (Wildman–Crippen MR) is 114 cm³/mol. The van der Waals surface area contributed by atoms with Crippen LogP contribution >= 0.6 is 0 Å². The van der Waals surface area contributed by atoms with Gasteiger partial charge in [-0.1, -0.05) is 24.3 Å². The van der Waals surface area contributed by atoms with Crippen molar-refractivity contribution < 1.29 is 27.1 Å². The Hall–Kier alpha value is -2.78. The van der Waals surface area contributed by atoms with Gasteiger partial charge in [-0.05, 0) is 49.6 Å². The number of ether oxygens (including phenoxy) is 1. The molecule has 1 aliphatic heterocycles. The number of sulfonamides is 1. The number of para-hydroxylation sites is 1. The summed E-state index contributed by atoms with van der Waals surface area (Å²) in [6.45, 7) is 2.38. The number of benzene rings is 2. The summed E-state index contributed by atoms with van der Waals surface area (Å²) in [6, 6.07) is 12.0. The van der Waals surface area contributed by atoms with Gasteiger partial charge >= 0.3 is 5.97 Å². The Labute approximate surface area is 181 Å². The van der Waals surface area contributed by atoms with E-state index in [4.69, 9.17) is 4.74 Å². The molecule has 0 aliphatic carbocycles. The van der Waals surface area contributed by atoms with E-state index < -0.39 is 21.8 Å². The van der Waals surface area contributed by atoms with Crippen LogP contribution in [0.5, 0.6) is 0 Å². The molecule has 1 aliphatic rings. The Balaban J connectivity index is 1.59. The number of rotatable bonds is 7. The van der Waals surface area contributed by atoms with Crippen molar-refractivity contribution in [3.8, 4) is 0 Å². The van der Waals surface area contributed by atoms with Gasteiger partial charge in [-0.15, -0.1) is 0 Å². The maximum atomic E-state index is 13.0.